The molecule has 1 amide bonds. The molecule has 0 saturated carbocycles. The number of amides is 1. The van der Waals surface area contributed by atoms with E-state index in [0.717, 1.165) is 11.1 Å². The van der Waals surface area contributed by atoms with Gasteiger partial charge in [0.15, 0.2) is 5.96 Å². The second kappa shape index (κ2) is 6.45. The Labute approximate surface area is 154 Å². The number of aliphatic hydroxyl groups is 1. The predicted octanol–water partition coefficient (Wildman–Crippen LogP) is 2.39. The number of benzene rings is 2. The van der Waals surface area contributed by atoms with Gasteiger partial charge in [0, 0.05) is 0 Å². The average Bonchev–Trinajstić information content (AvgIpc) is 2.85. The number of nitriles is 1. The minimum atomic E-state index is -4.10. The summed E-state index contributed by atoms with van der Waals surface area (Å²) in [5, 5.41) is 28.2. The van der Waals surface area contributed by atoms with Crippen LogP contribution >= 0.6 is 0 Å². The van der Waals surface area contributed by atoms with Crippen molar-refractivity contribution in [2.45, 2.75) is 18.6 Å². The number of hydrogen-bond acceptors (Lipinski definition) is 4. The predicted molar refractivity (Wildman–Crippen MR) is 93.7 cm³/mol. The van der Waals surface area contributed by atoms with Gasteiger partial charge in [-0.1, -0.05) is 30.3 Å². The van der Waals surface area contributed by atoms with Crippen LogP contribution in [-0.4, -0.2) is 34.5 Å². The zero-order valence-electron chi connectivity index (χ0n) is 14.3. The van der Waals surface area contributed by atoms with Crippen LogP contribution in [0.1, 0.15) is 18.1 Å². The molecular formula is C19H16F2N4O2. The Bertz CT molecular complexity index is 965. The molecule has 138 valence electrons. The summed E-state index contributed by atoms with van der Waals surface area (Å²) in [7, 11) is 0. The van der Waals surface area contributed by atoms with Crippen LogP contribution in [0.5, 0.6) is 0 Å². The first-order chi connectivity index (χ1) is 12.6. The summed E-state index contributed by atoms with van der Waals surface area (Å²) >= 11 is 0. The van der Waals surface area contributed by atoms with Crippen LogP contribution in [0.15, 0.2) is 48.5 Å². The zero-order valence-corrected chi connectivity index (χ0v) is 14.3. The molecule has 3 N–H and O–H groups in total. The van der Waals surface area contributed by atoms with Gasteiger partial charge in [0.05, 0.1) is 11.6 Å². The monoisotopic (exact) mass is 370 g/mol. The topological polar surface area (TPSA) is 100 Å². The number of halogens is 2. The molecule has 1 heterocycles. The largest absolute Gasteiger partial charge is 0.371 e. The third kappa shape index (κ3) is 3.50. The van der Waals surface area contributed by atoms with E-state index in [1.807, 2.05) is 6.07 Å². The number of carbonyl (C=O) groups excluding carboxylic acids is 1. The summed E-state index contributed by atoms with van der Waals surface area (Å²) in [5.41, 5.74) is 1.03. The molecule has 3 rings (SSSR count). The summed E-state index contributed by atoms with van der Waals surface area (Å²) < 4.78 is 25.9. The standard InChI is InChI=1S/C19H16F2N4O2/c1-18(16(26)25(17(23)24-18)11-19(20,21)27)15-7-3-6-14(9-15)13-5-2-4-12(8-13)10-22/h2-9,27H,11H2,1H3,(H2,23,24). The van der Waals surface area contributed by atoms with Crippen molar-refractivity contribution < 1.29 is 18.7 Å². The number of alkyl halides is 2. The van der Waals surface area contributed by atoms with Gasteiger partial charge in [-0.3, -0.25) is 15.1 Å². The molecule has 1 aliphatic rings. The highest BCUT2D eigenvalue weighted by Gasteiger charge is 2.49. The lowest BCUT2D eigenvalue weighted by molar-refractivity contribution is -0.205. The average molecular weight is 370 g/mol. The van der Waals surface area contributed by atoms with Crippen molar-refractivity contribution in [1.82, 2.24) is 10.2 Å². The van der Waals surface area contributed by atoms with Gasteiger partial charge in [-0.25, -0.2) is 0 Å². The minimum Gasteiger partial charge on any atom is -0.338 e. The van der Waals surface area contributed by atoms with Crippen molar-refractivity contribution in [3.8, 4) is 17.2 Å². The molecule has 0 radical (unpaired) electrons. The maximum Gasteiger partial charge on any atom is 0.371 e. The summed E-state index contributed by atoms with van der Waals surface area (Å²) in [4.78, 5) is 13.2. The maximum atomic E-state index is 12.9. The first-order valence-electron chi connectivity index (χ1n) is 8.04. The summed E-state index contributed by atoms with van der Waals surface area (Å²) in [5.74, 6) is -1.27. The van der Waals surface area contributed by atoms with Crippen molar-refractivity contribution in [3.63, 3.8) is 0 Å². The van der Waals surface area contributed by atoms with E-state index in [4.69, 9.17) is 15.8 Å². The van der Waals surface area contributed by atoms with Crippen LogP contribution in [0.2, 0.25) is 0 Å². The maximum absolute atomic E-state index is 12.9. The molecule has 0 bridgehead atoms. The number of carbonyl (C=O) groups is 1. The molecule has 0 spiro atoms. The molecule has 8 heteroatoms. The zero-order chi connectivity index (χ0) is 19.8. The number of guanidine groups is 1. The van der Waals surface area contributed by atoms with Crippen molar-refractivity contribution in [2.24, 2.45) is 0 Å². The number of nitrogens with one attached hydrogen (secondary N) is 2. The van der Waals surface area contributed by atoms with Gasteiger partial charge in [-0.2, -0.15) is 14.0 Å². The highest BCUT2D eigenvalue weighted by atomic mass is 19.3. The second-order valence-electron chi connectivity index (χ2n) is 6.43. The second-order valence-corrected chi connectivity index (χ2v) is 6.43. The Morgan fingerprint density at radius 1 is 1.26 bits per heavy atom. The first-order valence-corrected chi connectivity index (χ1v) is 8.04. The highest BCUT2D eigenvalue weighted by molar-refractivity contribution is 6.08. The molecule has 2 aromatic carbocycles. The van der Waals surface area contributed by atoms with E-state index < -0.39 is 30.1 Å². The van der Waals surface area contributed by atoms with Gasteiger partial charge in [0.25, 0.3) is 5.91 Å². The van der Waals surface area contributed by atoms with Gasteiger partial charge in [0.2, 0.25) is 0 Å². The summed E-state index contributed by atoms with van der Waals surface area (Å²) in [6.45, 7) is 0.196. The molecule has 1 aliphatic heterocycles. The van der Waals surface area contributed by atoms with E-state index in [1.165, 1.54) is 6.92 Å². The fraction of sp³-hybridized carbons (Fsp3) is 0.211. The third-order valence-corrected chi connectivity index (χ3v) is 4.42. The molecule has 1 unspecified atom stereocenters. The van der Waals surface area contributed by atoms with Crippen LogP contribution in [0.25, 0.3) is 11.1 Å². The Morgan fingerprint density at radius 3 is 2.52 bits per heavy atom. The normalized spacial score (nSPS) is 19.7. The Hall–Kier alpha value is -3.31. The minimum absolute atomic E-state index is 0.473. The van der Waals surface area contributed by atoms with Gasteiger partial charge < -0.3 is 10.4 Å². The van der Waals surface area contributed by atoms with E-state index in [-0.39, 0.29) is 0 Å². The number of rotatable bonds is 4. The molecule has 0 aliphatic carbocycles. The quantitative estimate of drug-likeness (QED) is 0.769. The molecule has 1 fully saturated rings. The Kier molecular flexibility index (Phi) is 4.41. The molecule has 27 heavy (non-hydrogen) atoms. The smallest absolute Gasteiger partial charge is 0.338 e. The lowest BCUT2D eigenvalue weighted by Crippen LogP contribution is -2.43. The van der Waals surface area contributed by atoms with Gasteiger partial charge >= 0.3 is 6.11 Å². The Morgan fingerprint density at radius 2 is 1.89 bits per heavy atom. The summed E-state index contributed by atoms with van der Waals surface area (Å²) in [6.07, 6.45) is -4.10. The molecule has 2 aromatic rings. The highest BCUT2D eigenvalue weighted by Crippen LogP contribution is 2.32. The van der Waals surface area contributed by atoms with Crippen LogP contribution in [-0.2, 0) is 10.3 Å². The lowest BCUT2D eigenvalue weighted by Gasteiger charge is -2.24. The molecule has 1 saturated heterocycles. The van der Waals surface area contributed by atoms with E-state index in [9.17, 15) is 13.6 Å². The van der Waals surface area contributed by atoms with Crippen molar-refractivity contribution in [1.29, 1.82) is 10.7 Å². The van der Waals surface area contributed by atoms with Gasteiger partial charge in [-0.15, -0.1) is 0 Å². The third-order valence-electron chi connectivity index (χ3n) is 4.42. The van der Waals surface area contributed by atoms with Crippen LogP contribution in [0.3, 0.4) is 0 Å². The number of hydrogen-bond donors (Lipinski definition) is 3. The molecule has 6 nitrogen and oxygen atoms in total. The molecule has 1 atom stereocenters. The fourth-order valence-corrected chi connectivity index (χ4v) is 3.04. The van der Waals surface area contributed by atoms with Crippen LogP contribution in [0, 0.1) is 16.7 Å². The Balaban J connectivity index is 1.98. The van der Waals surface area contributed by atoms with Gasteiger partial charge in [-0.05, 0) is 41.8 Å². The lowest BCUT2D eigenvalue weighted by atomic mass is 9.89. The van der Waals surface area contributed by atoms with E-state index in [1.54, 1.807) is 42.5 Å². The van der Waals surface area contributed by atoms with Crippen molar-refractivity contribution in [3.05, 3.63) is 59.7 Å². The van der Waals surface area contributed by atoms with Crippen molar-refractivity contribution >= 4 is 11.9 Å². The first kappa shape index (κ1) is 18.5. The number of β-amino-alcohol motifs (C(OH)–C–C–N with tert-alkyl or cyclic N) is 1. The molecule has 0 aromatic heterocycles. The fourth-order valence-electron chi connectivity index (χ4n) is 3.04. The van der Waals surface area contributed by atoms with E-state index in [0.29, 0.717) is 16.0 Å². The van der Waals surface area contributed by atoms with Gasteiger partial charge in [0.1, 0.15) is 12.1 Å². The van der Waals surface area contributed by atoms with E-state index in [2.05, 4.69) is 11.4 Å². The number of nitrogens with zero attached hydrogens (tertiary/aromatic N) is 2. The SMILES string of the molecule is CC1(c2cccc(-c3cccc(C#N)c3)c2)NC(=N)N(CC(O)(F)F)C1=O. The van der Waals surface area contributed by atoms with Crippen LogP contribution < -0.4 is 5.32 Å². The van der Waals surface area contributed by atoms with Crippen LogP contribution in [0.4, 0.5) is 8.78 Å². The van der Waals surface area contributed by atoms with Crippen molar-refractivity contribution in [2.75, 3.05) is 6.54 Å². The van der Waals surface area contributed by atoms with E-state index >= 15 is 0 Å². The molecular weight excluding hydrogens is 354 g/mol. The summed E-state index contributed by atoms with van der Waals surface area (Å²) in [6, 6.07) is 15.8.